The molecule has 0 aliphatic carbocycles. The molecule has 1 saturated heterocycles. The number of thiocarbonyl (C=S) groups is 1. The molecule has 15 heteroatoms. The Balaban J connectivity index is 1.16. The molecule has 0 unspecified atom stereocenters. The molecule has 5 rings (SSSR count). The van der Waals surface area contributed by atoms with Crippen molar-refractivity contribution in [1.29, 1.82) is 0 Å². The number of non-ortho nitro benzene ring substituents is 1. The van der Waals surface area contributed by atoms with E-state index < -0.39 is 45.6 Å². The Kier molecular flexibility index (Phi) is 8.25. The number of hydrogen-bond acceptors (Lipinski definition) is 7. The molecule has 0 radical (unpaired) electrons. The van der Waals surface area contributed by atoms with Crippen molar-refractivity contribution in [3.8, 4) is 11.3 Å². The van der Waals surface area contributed by atoms with Gasteiger partial charge in [0.1, 0.15) is 11.4 Å². The lowest BCUT2D eigenvalue weighted by molar-refractivity contribution is -0.384. The lowest BCUT2D eigenvalue weighted by Crippen LogP contribution is -2.47. The topological polar surface area (TPSA) is 104 Å². The van der Waals surface area contributed by atoms with Gasteiger partial charge in [0.2, 0.25) is 5.82 Å². The van der Waals surface area contributed by atoms with Crippen LogP contribution < -0.4 is 20.4 Å². The van der Waals surface area contributed by atoms with Crippen LogP contribution in [0, 0.1) is 39.2 Å². The van der Waals surface area contributed by atoms with Crippen LogP contribution in [0.2, 0.25) is 0 Å². The molecule has 1 aliphatic heterocycles. The molecule has 1 amide bonds. The van der Waals surface area contributed by atoms with Gasteiger partial charge >= 0.3 is 0 Å². The number of furan rings is 1. The molecule has 0 saturated carbocycles. The second kappa shape index (κ2) is 12.1. The Morgan fingerprint density at radius 1 is 0.837 bits per heavy atom. The zero-order valence-corrected chi connectivity index (χ0v) is 22.7. The number of halogens is 5. The number of anilines is 3. The number of piperazine rings is 1. The molecule has 1 aliphatic rings. The van der Waals surface area contributed by atoms with E-state index in [1.807, 2.05) is 4.90 Å². The number of carbonyl (C=O) groups excluding carboxylic acids is 1. The first-order chi connectivity index (χ1) is 20.5. The minimum Gasteiger partial charge on any atom is -0.451 e. The van der Waals surface area contributed by atoms with Crippen LogP contribution in [0.15, 0.2) is 65.1 Å². The normalized spacial score (nSPS) is 13.1. The van der Waals surface area contributed by atoms with E-state index in [2.05, 4.69) is 10.6 Å². The molecule has 0 spiro atoms. The number of hydrogen-bond donors (Lipinski definition) is 2. The summed E-state index contributed by atoms with van der Waals surface area (Å²) in [7, 11) is 0. The van der Waals surface area contributed by atoms with E-state index >= 15 is 0 Å². The summed E-state index contributed by atoms with van der Waals surface area (Å²) < 4.78 is 74.6. The first kappa shape index (κ1) is 29.4. The van der Waals surface area contributed by atoms with Gasteiger partial charge in [0.15, 0.2) is 34.1 Å². The number of benzene rings is 3. The predicted molar refractivity (Wildman–Crippen MR) is 152 cm³/mol. The Morgan fingerprint density at radius 2 is 1.44 bits per heavy atom. The Hall–Kier alpha value is -5.05. The zero-order valence-electron chi connectivity index (χ0n) is 21.9. The molecule has 1 fully saturated rings. The van der Waals surface area contributed by atoms with Crippen molar-refractivity contribution >= 4 is 46.0 Å². The molecule has 1 aromatic heterocycles. The Bertz CT molecular complexity index is 1700. The largest absolute Gasteiger partial charge is 0.451 e. The van der Waals surface area contributed by atoms with E-state index in [0.29, 0.717) is 11.3 Å². The van der Waals surface area contributed by atoms with Crippen LogP contribution in [-0.2, 0) is 0 Å². The van der Waals surface area contributed by atoms with Gasteiger partial charge in [0, 0.05) is 55.2 Å². The molecule has 2 N–H and O–H groups in total. The quantitative estimate of drug-likeness (QED) is 0.0678. The molecule has 222 valence electrons. The minimum atomic E-state index is -2.20. The Morgan fingerprint density at radius 3 is 2.07 bits per heavy atom. The summed E-state index contributed by atoms with van der Waals surface area (Å²) in [5.74, 6) is -10.3. The monoisotopic (exact) mass is 617 g/mol. The van der Waals surface area contributed by atoms with Crippen LogP contribution in [0.4, 0.5) is 44.7 Å². The minimum absolute atomic E-state index is 0.0180. The number of nitro benzene ring substituents is 1. The van der Waals surface area contributed by atoms with Crippen molar-refractivity contribution in [2.75, 3.05) is 41.3 Å². The highest BCUT2D eigenvalue weighted by molar-refractivity contribution is 7.80. The van der Waals surface area contributed by atoms with Crippen molar-refractivity contribution in [3.05, 3.63) is 106 Å². The van der Waals surface area contributed by atoms with E-state index in [1.165, 1.54) is 30.3 Å². The van der Waals surface area contributed by atoms with Gasteiger partial charge < -0.3 is 19.5 Å². The maximum absolute atomic E-state index is 14.2. The fourth-order valence-corrected chi connectivity index (χ4v) is 4.74. The lowest BCUT2D eigenvalue weighted by Gasteiger charge is -2.37. The third-order valence-electron chi connectivity index (χ3n) is 6.67. The molecule has 43 heavy (non-hydrogen) atoms. The van der Waals surface area contributed by atoms with Crippen molar-refractivity contribution in [3.63, 3.8) is 0 Å². The van der Waals surface area contributed by atoms with E-state index in [9.17, 15) is 36.9 Å². The number of carbonyl (C=O) groups is 1. The first-order valence-corrected chi connectivity index (χ1v) is 13.0. The summed E-state index contributed by atoms with van der Waals surface area (Å²) in [6.07, 6.45) is 0. The van der Waals surface area contributed by atoms with Gasteiger partial charge in [0.05, 0.1) is 4.92 Å². The fourth-order valence-electron chi connectivity index (χ4n) is 4.53. The number of nitrogens with zero attached hydrogens (tertiary/aromatic N) is 3. The van der Waals surface area contributed by atoms with Gasteiger partial charge in [-0.05, 0) is 48.6 Å². The highest BCUT2D eigenvalue weighted by Crippen LogP contribution is 2.32. The molecule has 0 bridgehead atoms. The second-order valence-electron chi connectivity index (χ2n) is 9.32. The van der Waals surface area contributed by atoms with Crippen LogP contribution in [-0.4, -0.2) is 42.1 Å². The zero-order chi connectivity index (χ0) is 30.8. The smallest absolute Gasteiger partial charge is 0.293 e. The molecule has 0 atom stereocenters. The predicted octanol–water partition coefficient (Wildman–Crippen LogP) is 6.00. The summed E-state index contributed by atoms with van der Waals surface area (Å²) >= 11 is 5.21. The van der Waals surface area contributed by atoms with Crippen LogP contribution in [0.3, 0.4) is 0 Å². The van der Waals surface area contributed by atoms with E-state index in [-0.39, 0.29) is 48.5 Å². The SMILES string of the molecule is O=C(NC(=S)Nc1ccc(N2CCN(c3c(F)c(F)c(F)c(F)c3F)CC2)cc1)c1ccc(-c2cccc([N+](=O)[O-])c2)o1. The molecular weight excluding hydrogens is 597 g/mol. The van der Waals surface area contributed by atoms with Crippen molar-refractivity contribution < 1.29 is 36.1 Å². The van der Waals surface area contributed by atoms with E-state index in [1.54, 1.807) is 30.3 Å². The molecule has 3 aromatic carbocycles. The van der Waals surface area contributed by atoms with Crippen LogP contribution in [0.5, 0.6) is 0 Å². The average molecular weight is 618 g/mol. The number of nitro groups is 1. The van der Waals surface area contributed by atoms with Gasteiger partial charge in [-0.25, -0.2) is 22.0 Å². The third kappa shape index (κ3) is 6.11. The molecule has 2 heterocycles. The number of nitrogens with one attached hydrogen (secondary N) is 2. The maximum atomic E-state index is 14.2. The van der Waals surface area contributed by atoms with Gasteiger partial charge in [0.25, 0.3) is 11.6 Å². The van der Waals surface area contributed by atoms with Gasteiger partial charge in [-0.2, -0.15) is 0 Å². The van der Waals surface area contributed by atoms with Crippen molar-refractivity contribution in [2.24, 2.45) is 0 Å². The standard InChI is InChI=1S/C28H20F5N5O4S/c29-21-22(30)24(32)26(25(33)23(21)31)37-12-10-36(11-13-37)17-6-4-16(5-7-17)34-28(43)35-27(39)20-9-8-19(42-20)15-2-1-3-18(14-15)38(40)41/h1-9,14H,10-13H2,(H2,34,35,39,43). The highest BCUT2D eigenvalue weighted by Gasteiger charge is 2.30. The van der Waals surface area contributed by atoms with Crippen LogP contribution >= 0.6 is 12.2 Å². The summed E-state index contributed by atoms with van der Waals surface area (Å²) in [5, 5.41) is 16.3. The third-order valence-corrected chi connectivity index (χ3v) is 6.88. The van der Waals surface area contributed by atoms with Crippen LogP contribution in [0.25, 0.3) is 11.3 Å². The molecular formula is C28H20F5N5O4S. The van der Waals surface area contributed by atoms with E-state index in [4.69, 9.17) is 16.6 Å². The van der Waals surface area contributed by atoms with Gasteiger partial charge in [-0.3, -0.25) is 20.2 Å². The summed E-state index contributed by atoms with van der Waals surface area (Å²) in [5.41, 5.74) is 0.629. The van der Waals surface area contributed by atoms with Gasteiger partial charge in [-0.1, -0.05) is 12.1 Å². The summed E-state index contributed by atoms with van der Waals surface area (Å²) in [6.45, 7) is 0.540. The first-order valence-electron chi connectivity index (χ1n) is 12.6. The fraction of sp³-hybridized carbons (Fsp3) is 0.143. The molecule has 4 aromatic rings. The summed E-state index contributed by atoms with van der Waals surface area (Å²) in [4.78, 5) is 26.1. The van der Waals surface area contributed by atoms with E-state index in [0.717, 1.165) is 10.6 Å². The van der Waals surface area contributed by atoms with Crippen LogP contribution in [0.1, 0.15) is 10.6 Å². The average Bonchev–Trinajstić information content (AvgIpc) is 3.51. The Labute approximate surface area is 245 Å². The van der Waals surface area contributed by atoms with Gasteiger partial charge in [-0.15, -0.1) is 0 Å². The number of amides is 1. The highest BCUT2D eigenvalue weighted by atomic mass is 32.1. The van der Waals surface area contributed by atoms with Crippen molar-refractivity contribution in [1.82, 2.24) is 5.32 Å². The lowest BCUT2D eigenvalue weighted by atomic mass is 10.1. The molecule has 9 nitrogen and oxygen atoms in total. The second-order valence-corrected chi connectivity index (χ2v) is 9.73. The number of rotatable bonds is 6. The van der Waals surface area contributed by atoms with Crippen molar-refractivity contribution in [2.45, 2.75) is 0 Å². The summed E-state index contributed by atoms with van der Waals surface area (Å²) in [6, 6.07) is 15.5. The maximum Gasteiger partial charge on any atom is 0.293 e.